The lowest BCUT2D eigenvalue weighted by molar-refractivity contribution is -0.144. The van der Waals surface area contributed by atoms with E-state index >= 15 is 0 Å². The van der Waals surface area contributed by atoms with Crippen LogP contribution in [0.3, 0.4) is 0 Å². The molecule has 2 N–H and O–H groups in total. The van der Waals surface area contributed by atoms with E-state index in [1.807, 2.05) is 0 Å². The number of carbonyl (C=O) groups excluding carboxylic acids is 2. The number of aliphatic hydroxyl groups excluding tert-OH is 1. The Kier molecular flexibility index (Phi) is 6.53. The number of benzene rings is 1. The van der Waals surface area contributed by atoms with Crippen LogP contribution in [0.2, 0.25) is 0 Å². The van der Waals surface area contributed by atoms with Crippen molar-refractivity contribution in [3.05, 3.63) is 70.8 Å². The van der Waals surface area contributed by atoms with Gasteiger partial charge in [0.2, 0.25) is 0 Å². The number of aliphatic hydroxyl groups is 1. The van der Waals surface area contributed by atoms with Crippen LogP contribution in [0.4, 0.5) is 5.82 Å². The van der Waals surface area contributed by atoms with Crippen LogP contribution in [-0.2, 0) is 14.3 Å². The fourth-order valence-electron chi connectivity index (χ4n) is 2.86. The van der Waals surface area contributed by atoms with Gasteiger partial charge in [-0.15, -0.1) is 0 Å². The van der Waals surface area contributed by atoms with Crippen molar-refractivity contribution in [1.82, 2.24) is 9.55 Å². The standard InChI is InChI=1S/C20H21N3O6/c1-2-6-18(25)28-12-15-14(24)11-17(29-15)23-10-9-16(22-20(23)27)21-19(26)13-7-4-3-5-8-13/h2-10,14-15,17,24H,11-12H2,1H3,(H,21,22,26,27)/b6-2+/t14-,15+,17+/m0/s1. The van der Waals surface area contributed by atoms with Crippen LogP contribution in [0.5, 0.6) is 0 Å². The quantitative estimate of drug-likeness (QED) is 0.554. The first kappa shape index (κ1) is 20.4. The van der Waals surface area contributed by atoms with Crippen LogP contribution < -0.4 is 11.0 Å². The summed E-state index contributed by atoms with van der Waals surface area (Å²) in [5.74, 6) is -0.814. The van der Waals surface area contributed by atoms with Crippen molar-refractivity contribution in [2.45, 2.75) is 31.8 Å². The molecule has 1 amide bonds. The maximum Gasteiger partial charge on any atom is 0.351 e. The summed E-state index contributed by atoms with van der Waals surface area (Å²) in [6.45, 7) is 1.55. The highest BCUT2D eigenvalue weighted by Crippen LogP contribution is 2.28. The fraction of sp³-hybridized carbons (Fsp3) is 0.300. The molecule has 1 aromatic carbocycles. The molecule has 0 saturated carbocycles. The number of ether oxygens (including phenoxy) is 2. The number of nitrogens with zero attached hydrogens (tertiary/aromatic N) is 2. The number of amides is 1. The normalized spacial score (nSPS) is 21.2. The van der Waals surface area contributed by atoms with E-state index in [9.17, 15) is 19.5 Å². The Morgan fingerprint density at radius 3 is 2.79 bits per heavy atom. The Morgan fingerprint density at radius 2 is 2.10 bits per heavy atom. The van der Waals surface area contributed by atoms with Crippen molar-refractivity contribution in [2.24, 2.45) is 0 Å². The van der Waals surface area contributed by atoms with Gasteiger partial charge in [-0.05, 0) is 25.1 Å². The van der Waals surface area contributed by atoms with Crippen LogP contribution in [0.25, 0.3) is 0 Å². The zero-order chi connectivity index (χ0) is 20.8. The Bertz CT molecular complexity index is 956. The number of esters is 1. The zero-order valence-corrected chi connectivity index (χ0v) is 15.7. The van der Waals surface area contributed by atoms with Gasteiger partial charge in [0.25, 0.3) is 5.91 Å². The van der Waals surface area contributed by atoms with Crippen LogP contribution in [0, 0.1) is 0 Å². The average molecular weight is 399 g/mol. The highest BCUT2D eigenvalue weighted by Gasteiger charge is 2.36. The molecule has 1 saturated heterocycles. The third-order valence-electron chi connectivity index (χ3n) is 4.31. The molecule has 2 heterocycles. The minimum Gasteiger partial charge on any atom is -0.460 e. The number of rotatable bonds is 6. The first-order valence-electron chi connectivity index (χ1n) is 9.06. The monoisotopic (exact) mass is 399 g/mol. The number of anilines is 1. The van der Waals surface area contributed by atoms with E-state index < -0.39 is 30.1 Å². The lowest BCUT2D eigenvalue weighted by Gasteiger charge is -2.16. The van der Waals surface area contributed by atoms with Gasteiger partial charge in [0.1, 0.15) is 24.8 Å². The lowest BCUT2D eigenvalue weighted by atomic mass is 10.2. The van der Waals surface area contributed by atoms with E-state index in [-0.39, 0.29) is 24.8 Å². The molecule has 152 valence electrons. The van der Waals surface area contributed by atoms with E-state index in [0.717, 1.165) is 0 Å². The minimum absolute atomic E-state index is 0.107. The number of carbonyl (C=O) groups is 2. The average Bonchev–Trinajstić information content (AvgIpc) is 3.07. The molecular formula is C20H21N3O6. The summed E-state index contributed by atoms with van der Waals surface area (Å²) in [5, 5.41) is 12.7. The van der Waals surface area contributed by atoms with Crippen molar-refractivity contribution < 1.29 is 24.2 Å². The number of hydrogen-bond acceptors (Lipinski definition) is 7. The summed E-state index contributed by atoms with van der Waals surface area (Å²) in [7, 11) is 0. The van der Waals surface area contributed by atoms with Crippen LogP contribution in [0.1, 0.15) is 29.9 Å². The van der Waals surface area contributed by atoms with Gasteiger partial charge in [-0.3, -0.25) is 9.36 Å². The van der Waals surface area contributed by atoms with Crippen molar-refractivity contribution in [2.75, 3.05) is 11.9 Å². The summed E-state index contributed by atoms with van der Waals surface area (Å²) in [6.07, 6.45) is 1.97. The summed E-state index contributed by atoms with van der Waals surface area (Å²) < 4.78 is 11.9. The molecule has 1 fully saturated rings. The van der Waals surface area contributed by atoms with Gasteiger partial charge >= 0.3 is 11.7 Å². The first-order chi connectivity index (χ1) is 14.0. The third kappa shape index (κ3) is 5.15. The Labute approximate surface area is 166 Å². The molecule has 9 heteroatoms. The first-order valence-corrected chi connectivity index (χ1v) is 9.06. The van der Waals surface area contributed by atoms with Gasteiger partial charge in [-0.25, -0.2) is 9.59 Å². The highest BCUT2D eigenvalue weighted by molar-refractivity contribution is 6.03. The number of nitrogens with one attached hydrogen (secondary N) is 1. The largest absolute Gasteiger partial charge is 0.460 e. The Hall–Kier alpha value is -3.30. The lowest BCUT2D eigenvalue weighted by Crippen LogP contribution is -2.29. The molecule has 2 aromatic rings. The topological polar surface area (TPSA) is 120 Å². The minimum atomic E-state index is -0.900. The molecule has 0 spiro atoms. The Morgan fingerprint density at radius 1 is 1.34 bits per heavy atom. The van der Waals surface area contributed by atoms with Gasteiger partial charge in [0.15, 0.2) is 0 Å². The van der Waals surface area contributed by atoms with Gasteiger partial charge in [-0.2, -0.15) is 4.98 Å². The number of allylic oxidation sites excluding steroid dienone is 1. The molecule has 0 aliphatic carbocycles. The zero-order valence-electron chi connectivity index (χ0n) is 15.7. The summed E-state index contributed by atoms with van der Waals surface area (Å²) >= 11 is 0. The van der Waals surface area contributed by atoms with Crippen molar-refractivity contribution in [1.29, 1.82) is 0 Å². The number of hydrogen-bond donors (Lipinski definition) is 2. The van der Waals surface area contributed by atoms with Crippen molar-refractivity contribution >= 4 is 17.7 Å². The maximum absolute atomic E-state index is 12.4. The molecule has 1 aliphatic heterocycles. The second kappa shape index (κ2) is 9.26. The van der Waals surface area contributed by atoms with Crippen LogP contribution >= 0.6 is 0 Å². The molecule has 0 radical (unpaired) electrons. The van der Waals surface area contributed by atoms with Crippen molar-refractivity contribution in [3.63, 3.8) is 0 Å². The predicted octanol–water partition coefficient (Wildman–Crippen LogP) is 1.26. The van der Waals surface area contributed by atoms with Gasteiger partial charge in [-0.1, -0.05) is 24.3 Å². The van der Waals surface area contributed by atoms with E-state index in [2.05, 4.69) is 10.3 Å². The molecule has 0 unspecified atom stereocenters. The highest BCUT2D eigenvalue weighted by atomic mass is 16.6. The molecule has 1 aliphatic rings. The van der Waals surface area contributed by atoms with E-state index in [1.165, 1.54) is 22.9 Å². The summed E-state index contributed by atoms with van der Waals surface area (Å²) in [6, 6.07) is 10.0. The molecule has 1 aromatic heterocycles. The summed E-state index contributed by atoms with van der Waals surface area (Å²) in [4.78, 5) is 39.8. The molecule has 3 atom stereocenters. The molecule has 0 bridgehead atoms. The second-order valence-electron chi connectivity index (χ2n) is 6.39. The molecular weight excluding hydrogens is 378 g/mol. The van der Waals surface area contributed by atoms with Gasteiger partial charge < -0.3 is 19.9 Å². The Balaban J connectivity index is 1.64. The SMILES string of the molecule is C/C=C/C(=O)OC[C@H]1O[C@@H](n2ccc(NC(=O)c3ccccc3)nc2=O)C[C@@H]1O. The van der Waals surface area contributed by atoms with Crippen LogP contribution in [0.15, 0.2) is 59.5 Å². The molecule has 29 heavy (non-hydrogen) atoms. The van der Waals surface area contributed by atoms with E-state index in [1.54, 1.807) is 43.3 Å². The fourth-order valence-corrected chi connectivity index (χ4v) is 2.86. The van der Waals surface area contributed by atoms with Gasteiger partial charge in [0, 0.05) is 24.3 Å². The summed E-state index contributed by atoms with van der Waals surface area (Å²) in [5.41, 5.74) is -0.198. The molecule has 3 rings (SSSR count). The second-order valence-corrected chi connectivity index (χ2v) is 6.39. The smallest absolute Gasteiger partial charge is 0.351 e. The molecule has 9 nitrogen and oxygen atoms in total. The van der Waals surface area contributed by atoms with Crippen LogP contribution in [-0.4, -0.2) is 45.3 Å². The number of aromatic nitrogens is 2. The third-order valence-corrected chi connectivity index (χ3v) is 4.31. The van der Waals surface area contributed by atoms with Crippen molar-refractivity contribution in [3.8, 4) is 0 Å². The predicted molar refractivity (Wildman–Crippen MR) is 103 cm³/mol. The van der Waals surface area contributed by atoms with E-state index in [0.29, 0.717) is 5.56 Å². The maximum atomic E-state index is 12.4. The van der Waals surface area contributed by atoms with E-state index in [4.69, 9.17) is 9.47 Å². The van der Waals surface area contributed by atoms with Gasteiger partial charge in [0.05, 0.1) is 6.10 Å².